The molecule has 3 nitrogen and oxygen atoms in total. The van der Waals surface area contributed by atoms with E-state index in [0.717, 1.165) is 28.0 Å². The van der Waals surface area contributed by atoms with Crippen LogP contribution in [0, 0.1) is 6.92 Å². The normalized spacial score (nSPS) is 20.7. The van der Waals surface area contributed by atoms with E-state index >= 15 is 0 Å². The third-order valence-corrected chi connectivity index (χ3v) is 3.93. The van der Waals surface area contributed by atoms with Gasteiger partial charge in [-0.3, -0.25) is 0 Å². The molecule has 1 N–H and O–H groups in total. The summed E-state index contributed by atoms with van der Waals surface area (Å²) >= 11 is 0. The van der Waals surface area contributed by atoms with Gasteiger partial charge in [0.15, 0.2) is 0 Å². The highest BCUT2D eigenvalue weighted by Crippen LogP contribution is 2.41. The number of fused-ring (bicyclic) bond motifs is 1. The summed E-state index contributed by atoms with van der Waals surface area (Å²) in [7, 11) is 1.69. The second-order valence-corrected chi connectivity index (χ2v) is 5.53. The van der Waals surface area contributed by atoms with Gasteiger partial charge in [0.25, 0.3) is 0 Å². The van der Waals surface area contributed by atoms with Crippen LogP contribution in [-0.2, 0) is 11.3 Å². The summed E-state index contributed by atoms with van der Waals surface area (Å²) in [4.78, 5) is 0. The summed E-state index contributed by atoms with van der Waals surface area (Å²) < 4.78 is 11.4. The number of hydrogen-bond acceptors (Lipinski definition) is 3. The first-order valence-electron chi connectivity index (χ1n) is 7.21. The van der Waals surface area contributed by atoms with Gasteiger partial charge in [-0.2, -0.15) is 0 Å². The Balaban J connectivity index is 1.94. The third kappa shape index (κ3) is 2.80. The van der Waals surface area contributed by atoms with Crippen LogP contribution in [0.5, 0.6) is 5.75 Å². The molecule has 0 aromatic heterocycles. The smallest absolute Gasteiger partial charge is 0.127 e. The van der Waals surface area contributed by atoms with Crippen LogP contribution in [0.15, 0.2) is 42.5 Å². The molecule has 0 bridgehead atoms. The number of methoxy groups -OCH3 is 1. The van der Waals surface area contributed by atoms with Gasteiger partial charge >= 0.3 is 0 Å². The molecular formula is C18H20O3. The van der Waals surface area contributed by atoms with Crippen molar-refractivity contribution in [3.05, 3.63) is 64.7 Å². The number of hydrogen-bond donors (Lipinski definition) is 1. The molecule has 0 aliphatic carbocycles. The van der Waals surface area contributed by atoms with Crippen LogP contribution in [0.25, 0.3) is 0 Å². The Labute approximate surface area is 125 Å². The number of aliphatic hydroxyl groups is 1. The first-order chi connectivity index (χ1) is 10.2. The molecule has 0 amide bonds. The maximum atomic E-state index is 10.4. The monoisotopic (exact) mass is 284 g/mol. The number of rotatable bonds is 3. The molecule has 3 heteroatoms. The molecule has 2 atom stereocenters. The lowest BCUT2D eigenvalue weighted by Gasteiger charge is -2.31. The molecule has 110 valence electrons. The van der Waals surface area contributed by atoms with Gasteiger partial charge in [-0.15, -0.1) is 0 Å². The fourth-order valence-corrected chi connectivity index (χ4v) is 2.89. The van der Waals surface area contributed by atoms with Gasteiger partial charge in [0, 0.05) is 19.1 Å². The summed E-state index contributed by atoms with van der Waals surface area (Å²) in [5, 5.41) is 10.4. The SMILES string of the molecule is COCc1ccccc1C1CC(O)c2cc(C)ccc2O1. The summed E-state index contributed by atoms with van der Waals surface area (Å²) in [6.45, 7) is 2.57. The summed E-state index contributed by atoms with van der Waals surface area (Å²) in [6.07, 6.45) is -0.0622. The molecule has 0 radical (unpaired) electrons. The van der Waals surface area contributed by atoms with Crippen molar-refractivity contribution in [3.63, 3.8) is 0 Å². The topological polar surface area (TPSA) is 38.7 Å². The summed E-state index contributed by atoms with van der Waals surface area (Å²) in [5.74, 6) is 0.775. The van der Waals surface area contributed by atoms with E-state index in [1.807, 2.05) is 49.4 Å². The molecule has 0 spiro atoms. The van der Waals surface area contributed by atoms with Gasteiger partial charge in [0.05, 0.1) is 12.7 Å². The molecule has 1 aliphatic heterocycles. The molecule has 2 unspecified atom stereocenters. The van der Waals surface area contributed by atoms with E-state index in [4.69, 9.17) is 9.47 Å². The Morgan fingerprint density at radius 3 is 2.81 bits per heavy atom. The lowest BCUT2D eigenvalue weighted by Crippen LogP contribution is -2.20. The van der Waals surface area contributed by atoms with E-state index in [0.29, 0.717) is 13.0 Å². The van der Waals surface area contributed by atoms with Gasteiger partial charge in [-0.25, -0.2) is 0 Å². The highest BCUT2D eigenvalue weighted by Gasteiger charge is 2.29. The van der Waals surface area contributed by atoms with Gasteiger partial charge < -0.3 is 14.6 Å². The number of benzene rings is 2. The summed E-state index contributed by atoms with van der Waals surface area (Å²) in [5.41, 5.74) is 4.21. The first kappa shape index (κ1) is 14.1. The summed E-state index contributed by atoms with van der Waals surface area (Å²) in [6, 6.07) is 14.0. The Morgan fingerprint density at radius 1 is 1.19 bits per heavy atom. The van der Waals surface area contributed by atoms with E-state index in [1.165, 1.54) is 0 Å². The molecule has 0 saturated heterocycles. The van der Waals surface area contributed by atoms with Crippen molar-refractivity contribution < 1.29 is 14.6 Å². The van der Waals surface area contributed by atoms with Crippen LogP contribution in [-0.4, -0.2) is 12.2 Å². The molecule has 1 heterocycles. The van der Waals surface area contributed by atoms with Crippen molar-refractivity contribution >= 4 is 0 Å². The average Bonchev–Trinajstić information content (AvgIpc) is 2.49. The zero-order chi connectivity index (χ0) is 14.8. The largest absolute Gasteiger partial charge is 0.485 e. The minimum Gasteiger partial charge on any atom is -0.485 e. The van der Waals surface area contributed by atoms with Gasteiger partial charge in [-0.1, -0.05) is 35.9 Å². The van der Waals surface area contributed by atoms with E-state index in [9.17, 15) is 5.11 Å². The van der Waals surface area contributed by atoms with Crippen molar-refractivity contribution in [2.24, 2.45) is 0 Å². The van der Waals surface area contributed by atoms with Gasteiger partial charge in [0.2, 0.25) is 0 Å². The predicted octanol–water partition coefficient (Wildman–Crippen LogP) is 3.70. The molecule has 2 aromatic carbocycles. The van der Waals surface area contributed by atoms with Gasteiger partial charge in [0.1, 0.15) is 11.9 Å². The van der Waals surface area contributed by atoms with Crippen LogP contribution >= 0.6 is 0 Å². The lowest BCUT2D eigenvalue weighted by atomic mass is 9.92. The van der Waals surface area contributed by atoms with Gasteiger partial charge in [-0.05, 0) is 30.2 Å². The van der Waals surface area contributed by atoms with Crippen molar-refractivity contribution in [1.82, 2.24) is 0 Å². The maximum Gasteiger partial charge on any atom is 0.127 e. The van der Waals surface area contributed by atoms with Crippen molar-refractivity contribution in [2.45, 2.75) is 32.2 Å². The second-order valence-electron chi connectivity index (χ2n) is 5.53. The molecule has 0 fully saturated rings. The van der Waals surface area contributed by atoms with Crippen LogP contribution in [0.1, 0.15) is 40.9 Å². The van der Waals surface area contributed by atoms with Crippen LogP contribution in [0.3, 0.4) is 0 Å². The zero-order valence-electron chi connectivity index (χ0n) is 12.4. The van der Waals surface area contributed by atoms with Crippen LogP contribution < -0.4 is 4.74 Å². The third-order valence-electron chi connectivity index (χ3n) is 3.93. The first-order valence-corrected chi connectivity index (χ1v) is 7.21. The number of aliphatic hydroxyl groups excluding tert-OH is 1. The average molecular weight is 284 g/mol. The quantitative estimate of drug-likeness (QED) is 0.934. The lowest BCUT2D eigenvalue weighted by molar-refractivity contribution is 0.0641. The Bertz CT molecular complexity index is 636. The van der Waals surface area contributed by atoms with E-state index in [2.05, 4.69) is 0 Å². The maximum absolute atomic E-state index is 10.4. The molecule has 1 aliphatic rings. The zero-order valence-corrected chi connectivity index (χ0v) is 12.4. The molecule has 2 aromatic rings. The highest BCUT2D eigenvalue weighted by atomic mass is 16.5. The van der Waals surface area contributed by atoms with E-state index in [1.54, 1.807) is 7.11 Å². The van der Waals surface area contributed by atoms with E-state index < -0.39 is 6.10 Å². The molecule has 3 rings (SSSR count). The van der Waals surface area contributed by atoms with Crippen LogP contribution in [0.2, 0.25) is 0 Å². The molecule has 21 heavy (non-hydrogen) atoms. The standard InChI is InChI=1S/C18H20O3/c1-12-7-8-17-15(9-12)16(19)10-18(21-17)14-6-4-3-5-13(14)11-20-2/h3-9,16,18-19H,10-11H2,1-2H3. The Hall–Kier alpha value is -1.84. The highest BCUT2D eigenvalue weighted by molar-refractivity contribution is 5.42. The second kappa shape index (κ2) is 5.88. The number of aryl methyl sites for hydroxylation is 1. The minimum absolute atomic E-state index is 0.137. The van der Waals surface area contributed by atoms with E-state index in [-0.39, 0.29) is 6.10 Å². The Kier molecular flexibility index (Phi) is 3.95. The number of ether oxygens (including phenoxy) is 2. The predicted molar refractivity (Wildman–Crippen MR) is 81.3 cm³/mol. The van der Waals surface area contributed by atoms with Crippen molar-refractivity contribution in [3.8, 4) is 5.75 Å². The fourth-order valence-electron chi connectivity index (χ4n) is 2.89. The Morgan fingerprint density at radius 2 is 2.00 bits per heavy atom. The molecule has 0 saturated carbocycles. The van der Waals surface area contributed by atoms with Crippen LogP contribution in [0.4, 0.5) is 0 Å². The minimum atomic E-state index is -0.491. The molecular weight excluding hydrogens is 264 g/mol. The van der Waals surface area contributed by atoms with Crippen molar-refractivity contribution in [2.75, 3.05) is 7.11 Å². The fraction of sp³-hybridized carbons (Fsp3) is 0.333. The van der Waals surface area contributed by atoms with Crippen molar-refractivity contribution in [1.29, 1.82) is 0 Å².